The molecule has 164 valence electrons. The Morgan fingerprint density at radius 3 is 2.23 bits per heavy atom. The van der Waals surface area contributed by atoms with Gasteiger partial charge < -0.3 is 5.11 Å². The summed E-state index contributed by atoms with van der Waals surface area (Å²) < 4.78 is 1.82. The van der Waals surface area contributed by atoms with Crippen molar-refractivity contribution in [2.24, 2.45) is 0 Å². The maximum atomic E-state index is 10.4. The molecule has 0 amide bonds. The zero-order chi connectivity index (χ0) is 22.2. The van der Waals surface area contributed by atoms with E-state index in [1.165, 1.54) is 12.1 Å². The molecule has 0 unspecified atom stereocenters. The highest BCUT2D eigenvalue weighted by Crippen LogP contribution is 2.34. The lowest BCUT2D eigenvalue weighted by Crippen LogP contribution is -2.42. The quantitative estimate of drug-likeness (QED) is 0.411. The number of hydrogen-bond donors (Lipinski definition) is 1. The number of aliphatic hydroxyl groups excluding tert-OH is 1. The van der Waals surface area contributed by atoms with E-state index in [1.54, 1.807) is 12.1 Å². The van der Waals surface area contributed by atoms with Gasteiger partial charge in [0.05, 0.1) is 28.7 Å². The zero-order valence-corrected chi connectivity index (χ0v) is 21.0. The highest BCUT2D eigenvalue weighted by atomic mass is 35.5. The lowest BCUT2D eigenvalue weighted by Gasteiger charge is -2.35. The van der Waals surface area contributed by atoms with Crippen molar-refractivity contribution in [1.82, 2.24) is 14.7 Å². The SMILES string of the molecule is C[Si]1(C)CCN(Cc2nn(-c3ccc(Cl)cc3Cl)c(-c3ccc(Cl)cc3)c2CO)CC1. The Balaban J connectivity index is 1.80. The molecule has 0 spiro atoms. The van der Waals surface area contributed by atoms with Gasteiger partial charge in [0, 0.05) is 35.8 Å². The second-order valence-corrected chi connectivity index (χ2v) is 15.5. The summed E-state index contributed by atoms with van der Waals surface area (Å²) in [5, 5.41) is 17.0. The largest absolute Gasteiger partial charge is 0.392 e. The van der Waals surface area contributed by atoms with E-state index in [2.05, 4.69) is 18.0 Å². The van der Waals surface area contributed by atoms with E-state index in [1.807, 2.05) is 35.0 Å². The number of aromatic nitrogens is 2. The fraction of sp³-hybridized carbons (Fsp3) is 0.348. The molecule has 1 fully saturated rings. The molecular formula is C23H26Cl3N3OSi. The van der Waals surface area contributed by atoms with Gasteiger partial charge in [-0.25, -0.2) is 4.68 Å². The lowest BCUT2D eigenvalue weighted by molar-refractivity contribution is 0.262. The molecule has 0 atom stereocenters. The number of benzene rings is 2. The molecule has 1 N–H and O–H groups in total. The summed E-state index contributed by atoms with van der Waals surface area (Å²) >= 11 is 18.8. The topological polar surface area (TPSA) is 41.3 Å². The van der Waals surface area contributed by atoms with Crippen LogP contribution in [0.4, 0.5) is 0 Å². The number of aliphatic hydroxyl groups is 1. The molecule has 0 bridgehead atoms. The highest BCUT2D eigenvalue weighted by Gasteiger charge is 2.29. The van der Waals surface area contributed by atoms with Gasteiger partial charge in [0.1, 0.15) is 0 Å². The van der Waals surface area contributed by atoms with Crippen molar-refractivity contribution in [2.75, 3.05) is 13.1 Å². The van der Waals surface area contributed by atoms with Crippen LogP contribution >= 0.6 is 34.8 Å². The zero-order valence-electron chi connectivity index (χ0n) is 17.7. The summed E-state index contributed by atoms with van der Waals surface area (Å²) in [6.45, 7) is 7.67. The van der Waals surface area contributed by atoms with Gasteiger partial charge in [-0.1, -0.05) is 60.0 Å². The van der Waals surface area contributed by atoms with Gasteiger partial charge in [-0.05, 0) is 55.5 Å². The predicted octanol–water partition coefficient (Wildman–Crippen LogP) is 6.52. The molecule has 0 aliphatic carbocycles. The average Bonchev–Trinajstić information content (AvgIpc) is 3.08. The average molecular weight is 495 g/mol. The van der Waals surface area contributed by atoms with E-state index in [9.17, 15) is 5.11 Å². The van der Waals surface area contributed by atoms with Crippen LogP contribution in [-0.2, 0) is 13.2 Å². The summed E-state index contributed by atoms with van der Waals surface area (Å²) in [6.07, 6.45) is 0. The maximum Gasteiger partial charge on any atom is 0.0840 e. The second kappa shape index (κ2) is 9.26. The van der Waals surface area contributed by atoms with Crippen LogP contribution in [0.1, 0.15) is 11.3 Å². The van der Waals surface area contributed by atoms with Crippen molar-refractivity contribution in [3.8, 4) is 16.9 Å². The maximum absolute atomic E-state index is 10.4. The Morgan fingerprint density at radius 2 is 1.61 bits per heavy atom. The monoisotopic (exact) mass is 493 g/mol. The summed E-state index contributed by atoms with van der Waals surface area (Å²) in [4.78, 5) is 2.44. The van der Waals surface area contributed by atoms with Gasteiger partial charge >= 0.3 is 0 Å². The minimum Gasteiger partial charge on any atom is -0.392 e. The third-order valence-electron chi connectivity index (χ3n) is 6.06. The fourth-order valence-corrected chi connectivity index (χ4v) is 6.76. The molecule has 31 heavy (non-hydrogen) atoms. The molecule has 1 aliphatic heterocycles. The van der Waals surface area contributed by atoms with Crippen molar-refractivity contribution in [3.63, 3.8) is 0 Å². The first-order valence-corrected chi connectivity index (χ1v) is 15.0. The van der Waals surface area contributed by atoms with Crippen LogP contribution in [0.15, 0.2) is 42.5 Å². The molecular weight excluding hydrogens is 469 g/mol. The Hall–Kier alpha value is -1.34. The lowest BCUT2D eigenvalue weighted by atomic mass is 10.1. The fourth-order valence-electron chi connectivity index (χ4n) is 4.05. The van der Waals surface area contributed by atoms with E-state index in [0.717, 1.165) is 41.3 Å². The van der Waals surface area contributed by atoms with Gasteiger partial charge in [-0.15, -0.1) is 0 Å². The summed E-state index contributed by atoms with van der Waals surface area (Å²) in [6, 6.07) is 15.5. The number of nitrogens with zero attached hydrogens (tertiary/aromatic N) is 3. The minimum atomic E-state index is -1.06. The van der Waals surface area contributed by atoms with Gasteiger partial charge in [0.25, 0.3) is 0 Å². The van der Waals surface area contributed by atoms with Crippen LogP contribution < -0.4 is 0 Å². The Kier molecular flexibility index (Phi) is 6.82. The summed E-state index contributed by atoms with van der Waals surface area (Å²) in [5.41, 5.74) is 4.16. The third kappa shape index (κ3) is 5.03. The van der Waals surface area contributed by atoms with Gasteiger partial charge in [0.15, 0.2) is 0 Å². The summed E-state index contributed by atoms with van der Waals surface area (Å²) in [5.74, 6) is 0. The summed E-state index contributed by atoms with van der Waals surface area (Å²) in [7, 11) is -1.06. The number of rotatable bonds is 5. The third-order valence-corrected chi connectivity index (χ3v) is 10.0. The molecule has 1 saturated heterocycles. The molecule has 2 aromatic carbocycles. The Labute approximate surface area is 199 Å². The minimum absolute atomic E-state index is 0.105. The molecule has 1 aromatic heterocycles. The van der Waals surface area contributed by atoms with Crippen LogP contribution in [0.25, 0.3) is 16.9 Å². The van der Waals surface area contributed by atoms with Crippen molar-refractivity contribution in [3.05, 3.63) is 68.8 Å². The van der Waals surface area contributed by atoms with Crippen molar-refractivity contribution in [1.29, 1.82) is 0 Å². The van der Waals surface area contributed by atoms with E-state index in [-0.39, 0.29) is 6.61 Å². The molecule has 4 nitrogen and oxygen atoms in total. The second-order valence-electron chi connectivity index (χ2n) is 8.89. The molecule has 8 heteroatoms. The van der Waals surface area contributed by atoms with E-state index in [0.29, 0.717) is 21.6 Å². The van der Waals surface area contributed by atoms with Gasteiger partial charge in [-0.3, -0.25) is 4.90 Å². The Morgan fingerprint density at radius 1 is 0.968 bits per heavy atom. The van der Waals surface area contributed by atoms with Crippen molar-refractivity contribution >= 4 is 42.9 Å². The van der Waals surface area contributed by atoms with E-state index in [4.69, 9.17) is 39.9 Å². The van der Waals surface area contributed by atoms with Crippen LogP contribution in [0, 0.1) is 0 Å². The van der Waals surface area contributed by atoms with Crippen molar-refractivity contribution in [2.45, 2.75) is 38.3 Å². The van der Waals surface area contributed by atoms with Crippen LogP contribution in [-0.4, -0.2) is 41.0 Å². The van der Waals surface area contributed by atoms with Crippen molar-refractivity contribution < 1.29 is 5.11 Å². The highest BCUT2D eigenvalue weighted by molar-refractivity contribution is 6.77. The van der Waals surface area contributed by atoms with Crippen LogP contribution in [0.5, 0.6) is 0 Å². The standard InChI is InChI=1S/C23H26Cl3N3OSi/c1-31(2)11-9-28(10-12-31)14-21-19(15-30)23(16-3-5-17(24)6-4-16)29(27-21)22-8-7-18(25)13-20(22)26/h3-8,13,30H,9-12,14-15H2,1-2H3. The van der Waals surface area contributed by atoms with Gasteiger partial charge in [0.2, 0.25) is 0 Å². The predicted molar refractivity (Wildman–Crippen MR) is 132 cm³/mol. The first-order valence-electron chi connectivity index (χ1n) is 10.4. The molecule has 2 heterocycles. The molecule has 3 aromatic rings. The number of hydrogen-bond acceptors (Lipinski definition) is 3. The Bertz CT molecular complexity index is 1070. The number of halogens is 3. The molecule has 0 saturated carbocycles. The first-order chi connectivity index (χ1) is 14.8. The first kappa shape index (κ1) is 22.8. The molecule has 1 aliphatic rings. The normalized spacial score (nSPS) is 16.6. The molecule has 4 rings (SSSR count). The van der Waals surface area contributed by atoms with E-state index >= 15 is 0 Å². The van der Waals surface area contributed by atoms with Crippen LogP contribution in [0.3, 0.4) is 0 Å². The van der Waals surface area contributed by atoms with E-state index < -0.39 is 8.07 Å². The van der Waals surface area contributed by atoms with Crippen LogP contribution in [0.2, 0.25) is 40.3 Å². The smallest absolute Gasteiger partial charge is 0.0840 e. The molecule has 0 radical (unpaired) electrons. The van der Waals surface area contributed by atoms with Gasteiger partial charge in [-0.2, -0.15) is 5.10 Å².